The van der Waals surface area contributed by atoms with Gasteiger partial charge in [0.25, 0.3) is 0 Å². The zero-order chi connectivity index (χ0) is 15.2. The molecule has 0 saturated carbocycles. The van der Waals surface area contributed by atoms with Crippen LogP contribution in [-0.4, -0.2) is 23.9 Å². The first-order valence-electron chi connectivity index (χ1n) is 7.21. The Labute approximate surface area is 130 Å². The molecule has 1 unspecified atom stereocenters. The number of hydrogen-bond donors (Lipinski definition) is 2. The quantitative estimate of drug-likeness (QED) is 0.706. The maximum atomic E-state index is 10.3. The van der Waals surface area contributed by atoms with E-state index in [1.807, 2.05) is 32.9 Å². The molecule has 1 atom stereocenters. The highest BCUT2D eigenvalue weighted by atomic mass is 79.9. The molecule has 0 heterocycles. The van der Waals surface area contributed by atoms with Crippen molar-refractivity contribution in [1.29, 1.82) is 0 Å². The lowest BCUT2D eigenvalue weighted by molar-refractivity contribution is -0.0268. The topological polar surface area (TPSA) is 41.5 Å². The summed E-state index contributed by atoms with van der Waals surface area (Å²) in [6.45, 7) is 10.00. The maximum Gasteiger partial charge on any atom is 0.124 e. The van der Waals surface area contributed by atoms with Gasteiger partial charge in [0.05, 0.1) is 5.60 Å². The SMILES string of the molecule is CCCNCc1cc(Br)ccc1OCC(C)(O)C(C)C. The summed E-state index contributed by atoms with van der Waals surface area (Å²) in [6.07, 6.45) is 1.10. The van der Waals surface area contributed by atoms with Gasteiger partial charge >= 0.3 is 0 Å². The van der Waals surface area contributed by atoms with Crippen molar-refractivity contribution in [3.8, 4) is 5.75 Å². The van der Waals surface area contributed by atoms with Crippen LogP contribution >= 0.6 is 15.9 Å². The maximum absolute atomic E-state index is 10.3. The average molecular weight is 344 g/mol. The summed E-state index contributed by atoms with van der Waals surface area (Å²) >= 11 is 3.49. The number of hydrogen-bond acceptors (Lipinski definition) is 3. The van der Waals surface area contributed by atoms with Crippen molar-refractivity contribution in [3.63, 3.8) is 0 Å². The Bertz CT molecular complexity index is 419. The van der Waals surface area contributed by atoms with Crippen molar-refractivity contribution >= 4 is 15.9 Å². The lowest BCUT2D eigenvalue weighted by atomic mass is 9.94. The lowest BCUT2D eigenvalue weighted by Gasteiger charge is -2.28. The average Bonchev–Trinajstić information content (AvgIpc) is 2.38. The Morgan fingerprint density at radius 2 is 2.10 bits per heavy atom. The fourth-order valence-corrected chi connectivity index (χ4v) is 2.03. The molecule has 3 nitrogen and oxygen atoms in total. The third kappa shape index (κ3) is 5.43. The number of nitrogens with one attached hydrogen (secondary N) is 1. The zero-order valence-corrected chi connectivity index (χ0v) is 14.5. The molecule has 0 aliphatic rings. The van der Waals surface area contributed by atoms with Crippen LogP contribution in [0.2, 0.25) is 0 Å². The van der Waals surface area contributed by atoms with Crippen LogP contribution in [0.4, 0.5) is 0 Å². The normalized spacial score (nSPS) is 14.3. The van der Waals surface area contributed by atoms with E-state index in [2.05, 4.69) is 34.2 Å². The van der Waals surface area contributed by atoms with Crippen molar-refractivity contribution in [3.05, 3.63) is 28.2 Å². The van der Waals surface area contributed by atoms with Crippen molar-refractivity contribution in [2.75, 3.05) is 13.2 Å². The Kier molecular flexibility index (Phi) is 7.00. The molecule has 0 aliphatic carbocycles. The first-order valence-corrected chi connectivity index (χ1v) is 8.00. The summed E-state index contributed by atoms with van der Waals surface area (Å²) < 4.78 is 6.87. The van der Waals surface area contributed by atoms with E-state index in [0.29, 0.717) is 6.61 Å². The predicted octanol–water partition coefficient (Wildman–Crippen LogP) is 3.73. The second-order valence-electron chi connectivity index (χ2n) is 5.73. The molecular formula is C16H26BrNO2. The summed E-state index contributed by atoms with van der Waals surface area (Å²) in [6, 6.07) is 5.97. The number of aliphatic hydroxyl groups is 1. The summed E-state index contributed by atoms with van der Waals surface area (Å²) in [5.41, 5.74) is 0.286. The molecule has 1 aromatic carbocycles. The van der Waals surface area contributed by atoms with Crippen LogP contribution in [0.1, 0.15) is 39.7 Å². The van der Waals surface area contributed by atoms with Gasteiger partial charge in [0.15, 0.2) is 0 Å². The van der Waals surface area contributed by atoms with Crippen LogP contribution in [0.3, 0.4) is 0 Å². The third-order valence-corrected chi connectivity index (χ3v) is 4.02. The van der Waals surface area contributed by atoms with Gasteiger partial charge in [0.1, 0.15) is 12.4 Å². The second-order valence-corrected chi connectivity index (χ2v) is 6.65. The number of rotatable bonds is 8. The second kappa shape index (κ2) is 8.01. The monoisotopic (exact) mass is 343 g/mol. The first-order chi connectivity index (χ1) is 9.36. The number of halogens is 1. The Morgan fingerprint density at radius 1 is 1.40 bits per heavy atom. The molecule has 0 radical (unpaired) electrons. The Hall–Kier alpha value is -0.580. The van der Waals surface area contributed by atoms with Gasteiger partial charge in [-0.3, -0.25) is 0 Å². The highest BCUT2D eigenvalue weighted by molar-refractivity contribution is 9.10. The molecule has 20 heavy (non-hydrogen) atoms. The van der Waals surface area contributed by atoms with Gasteiger partial charge in [-0.05, 0) is 44.0 Å². The molecule has 2 N–H and O–H groups in total. The standard InChI is InChI=1S/C16H26BrNO2/c1-5-8-18-10-13-9-14(17)6-7-15(13)20-11-16(4,19)12(2)3/h6-7,9,12,18-19H,5,8,10-11H2,1-4H3. The smallest absolute Gasteiger partial charge is 0.124 e. The van der Waals surface area contributed by atoms with Gasteiger partial charge in [0, 0.05) is 16.6 Å². The Balaban J connectivity index is 2.73. The van der Waals surface area contributed by atoms with E-state index in [4.69, 9.17) is 4.74 Å². The van der Waals surface area contributed by atoms with E-state index in [0.717, 1.165) is 35.3 Å². The molecule has 0 spiro atoms. The largest absolute Gasteiger partial charge is 0.490 e. The summed E-state index contributed by atoms with van der Waals surface area (Å²) in [5.74, 6) is 0.984. The molecule has 1 rings (SSSR count). The Morgan fingerprint density at radius 3 is 2.70 bits per heavy atom. The highest BCUT2D eigenvalue weighted by Gasteiger charge is 2.26. The molecule has 0 fully saturated rings. The van der Waals surface area contributed by atoms with Crippen LogP contribution in [-0.2, 0) is 6.54 Å². The van der Waals surface area contributed by atoms with Crippen LogP contribution in [0, 0.1) is 5.92 Å². The van der Waals surface area contributed by atoms with Crippen molar-refractivity contribution in [2.24, 2.45) is 5.92 Å². The van der Waals surface area contributed by atoms with Gasteiger partial charge in [0.2, 0.25) is 0 Å². The lowest BCUT2D eigenvalue weighted by Crippen LogP contribution is -2.38. The fraction of sp³-hybridized carbons (Fsp3) is 0.625. The predicted molar refractivity (Wildman–Crippen MR) is 87.1 cm³/mol. The van der Waals surface area contributed by atoms with E-state index in [1.165, 1.54) is 0 Å². The van der Waals surface area contributed by atoms with Crippen molar-refractivity contribution < 1.29 is 9.84 Å². The zero-order valence-electron chi connectivity index (χ0n) is 12.9. The number of ether oxygens (including phenoxy) is 1. The van der Waals surface area contributed by atoms with Crippen LogP contribution in [0.5, 0.6) is 5.75 Å². The van der Waals surface area contributed by atoms with Crippen LogP contribution in [0.25, 0.3) is 0 Å². The van der Waals surface area contributed by atoms with Crippen molar-refractivity contribution in [2.45, 2.75) is 46.3 Å². The van der Waals surface area contributed by atoms with Gasteiger partial charge in [-0.2, -0.15) is 0 Å². The molecular weight excluding hydrogens is 318 g/mol. The third-order valence-electron chi connectivity index (χ3n) is 3.53. The molecule has 114 valence electrons. The fourth-order valence-electron chi connectivity index (χ4n) is 1.62. The molecule has 1 aromatic rings. The minimum absolute atomic E-state index is 0.152. The van der Waals surface area contributed by atoms with Crippen LogP contribution in [0.15, 0.2) is 22.7 Å². The highest BCUT2D eigenvalue weighted by Crippen LogP contribution is 2.25. The summed E-state index contributed by atoms with van der Waals surface area (Å²) in [7, 11) is 0. The minimum atomic E-state index is -0.818. The first kappa shape index (κ1) is 17.5. The van der Waals surface area contributed by atoms with E-state index >= 15 is 0 Å². The van der Waals surface area contributed by atoms with Gasteiger partial charge < -0.3 is 15.2 Å². The van der Waals surface area contributed by atoms with E-state index in [1.54, 1.807) is 0 Å². The molecule has 0 aromatic heterocycles. The van der Waals surface area contributed by atoms with Crippen LogP contribution < -0.4 is 10.1 Å². The van der Waals surface area contributed by atoms with E-state index < -0.39 is 5.60 Å². The summed E-state index contributed by atoms with van der Waals surface area (Å²) in [5, 5.41) is 13.6. The van der Waals surface area contributed by atoms with Gasteiger partial charge in [-0.25, -0.2) is 0 Å². The molecule has 0 bridgehead atoms. The molecule has 4 heteroatoms. The summed E-state index contributed by atoms with van der Waals surface area (Å²) in [4.78, 5) is 0. The van der Waals surface area contributed by atoms with Gasteiger partial charge in [-0.1, -0.05) is 36.7 Å². The molecule has 0 amide bonds. The van der Waals surface area contributed by atoms with Crippen molar-refractivity contribution in [1.82, 2.24) is 5.32 Å². The molecule has 0 aliphatic heterocycles. The molecule has 0 saturated heterocycles. The van der Waals surface area contributed by atoms with E-state index in [-0.39, 0.29) is 5.92 Å². The number of benzene rings is 1. The van der Waals surface area contributed by atoms with Gasteiger partial charge in [-0.15, -0.1) is 0 Å². The minimum Gasteiger partial charge on any atom is -0.490 e. The van der Waals surface area contributed by atoms with E-state index in [9.17, 15) is 5.11 Å².